The Morgan fingerprint density at radius 2 is 2.36 bits per heavy atom. The van der Waals surface area contributed by atoms with Gasteiger partial charge in [0.1, 0.15) is 0 Å². The van der Waals surface area contributed by atoms with Crippen LogP contribution in [0.25, 0.3) is 0 Å². The predicted molar refractivity (Wildman–Crippen MR) is 55.2 cm³/mol. The zero-order valence-corrected chi connectivity index (χ0v) is 9.21. The summed E-state index contributed by atoms with van der Waals surface area (Å²) in [6.45, 7) is 5.37. The van der Waals surface area contributed by atoms with Crippen LogP contribution in [0.5, 0.6) is 0 Å². The fourth-order valence-corrected chi connectivity index (χ4v) is 2.34. The van der Waals surface area contributed by atoms with E-state index in [-0.39, 0.29) is 0 Å². The number of aromatic nitrogens is 1. The molecule has 0 aliphatic carbocycles. The van der Waals surface area contributed by atoms with Crippen LogP contribution in [-0.4, -0.2) is 23.6 Å². The molecule has 0 saturated carbocycles. The highest BCUT2D eigenvalue weighted by Crippen LogP contribution is 2.33. The number of rotatable bonds is 2. The number of aryl methyl sites for hydroxylation is 1. The molecule has 3 heteroatoms. The first-order valence-corrected chi connectivity index (χ1v) is 5.39. The zero-order chi connectivity index (χ0) is 10.1. The number of likely N-dealkylation sites (tertiary alicyclic amines) is 1. The molecule has 1 fully saturated rings. The molecule has 1 saturated heterocycles. The van der Waals surface area contributed by atoms with Crippen molar-refractivity contribution in [2.45, 2.75) is 39.2 Å². The third-order valence-electron chi connectivity index (χ3n) is 3.19. The molecule has 1 aromatic rings. The van der Waals surface area contributed by atoms with Gasteiger partial charge in [0.05, 0.1) is 11.7 Å². The van der Waals surface area contributed by atoms with Crippen LogP contribution in [0.15, 0.2) is 4.52 Å². The maximum atomic E-state index is 5.45. The van der Waals surface area contributed by atoms with Crippen LogP contribution in [0.4, 0.5) is 0 Å². The van der Waals surface area contributed by atoms with Gasteiger partial charge in [-0.3, -0.25) is 4.90 Å². The summed E-state index contributed by atoms with van der Waals surface area (Å²) in [4.78, 5) is 2.36. The van der Waals surface area contributed by atoms with Gasteiger partial charge in [-0.15, -0.1) is 0 Å². The van der Waals surface area contributed by atoms with E-state index in [9.17, 15) is 0 Å². The average Bonchev–Trinajstić information content (AvgIpc) is 2.71. The van der Waals surface area contributed by atoms with E-state index >= 15 is 0 Å². The zero-order valence-electron chi connectivity index (χ0n) is 9.21. The van der Waals surface area contributed by atoms with Crippen LogP contribution in [0.3, 0.4) is 0 Å². The van der Waals surface area contributed by atoms with E-state index in [1.165, 1.54) is 24.9 Å². The summed E-state index contributed by atoms with van der Waals surface area (Å²) in [7, 11) is 2.16. The van der Waals surface area contributed by atoms with Crippen LogP contribution in [0, 0.1) is 6.92 Å². The van der Waals surface area contributed by atoms with Crippen molar-refractivity contribution in [3.05, 3.63) is 17.0 Å². The molecule has 1 atom stereocenters. The Balaban J connectivity index is 2.30. The molecule has 1 unspecified atom stereocenters. The van der Waals surface area contributed by atoms with Crippen molar-refractivity contribution in [1.29, 1.82) is 0 Å². The normalized spacial score (nSPS) is 23.2. The van der Waals surface area contributed by atoms with Gasteiger partial charge in [0.15, 0.2) is 5.76 Å². The quantitative estimate of drug-likeness (QED) is 0.723. The lowest BCUT2D eigenvalue weighted by atomic mass is 10.0. The topological polar surface area (TPSA) is 29.3 Å². The Hall–Kier alpha value is -0.830. The smallest absolute Gasteiger partial charge is 0.157 e. The number of hydrogen-bond acceptors (Lipinski definition) is 3. The summed E-state index contributed by atoms with van der Waals surface area (Å²) < 4.78 is 5.45. The molecular weight excluding hydrogens is 176 g/mol. The lowest BCUT2D eigenvalue weighted by Crippen LogP contribution is -2.18. The van der Waals surface area contributed by atoms with Crippen molar-refractivity contribution in [3.63, 3.8) is 0 Å². The highest BCUT2D eigenvalue weighted by Gasteiger charge is 2.28. The fraction of sp³-hybridized carbons (Fsp3) is 0.727. The molecule has 1 aliphatic rings. The molecule has 0 aromatic carbocycles. The summed E-state index contributed by atoms with van der Waals surface area (Å²) in [6.07, 6.45) is 3.50. The van der Waals surface area contributed by atoms with Crippen molar-refractivity contribution >= 4 is 0 Å². The molecule has 1 aromatic heterocycles. The van der Waals surface area contributed by atoms with Gasteiger partial charge < -0.3 is 4.52 Å². The van der Waals surface area contributed by atoms with E-state index < -0.39 is 0 Å². The maximum Gasteiger partial charge on any atom is 0.157 e. The Kier molecular flexibility index (Phi) is 2.59. The van der Waals surface area contributed by atoms with E-state index in [1.54, 1.807) is 0 Å². The predicted octanol–water partition coefficient (Wildman–Crippen LogP) is 2.31. The van der Waals surface area contributed by atoms with Gasteiger partial charge >= 0.3 is 0 Å². The van der Waals surface area contributed by atoms with Crippen molar-refractivity contribution in [3.8, 4) is 0 Å². The van der Waals surface area contributed by atoms with Gasteiger partial charge in [0.2, 0.25) is 0 Å². The van der Waals surface area contributed by atoms with Gasteiger partial charge in [-0.05, 0) is 39.8 Å². The van der Waals surface area contributed by atoms with Crippen LogP contribution in [0.1, 0.15) is 42.8 Å². The lowest BCUT2D eigenvalue weighted by Gasteiger charge is -2.17. The molecule has 3 nitrogen and oxygen atoms in total. The summed E-state index contributed by atoms with van der Waals surface area (Å²) in [5.41, 5.74) is 2.37. The molecule has 0 spiro atoms. The molecule has 78 valence electrons. The third-order valence-corrected chi connectivity index (χ3v) is 3.19. The fourth-order valence-electron chi connectivity index (χ4n) is 2.34. The minimum Gasteiger partial charge on any atom is -0.359 e. The van der Waals surface area contributed by atoms with Crippen LogP contribution in [-0.2, 0) is 6.42 Å². The maximum absolute atomic E-state index is 5.45. The SMILES string of the molecule is CCc1c(C)noc1C1CCCN1C. The summed E-state index contributed by atoms with van der Waals surface area (Å²) in [5.74, 6) is 1.10. The van der Waals surface area contributed by atoms with Crippen molar-refractivity contribution in [2.75, 3.05) is 13.6 Å². The molecule has 14 heavy (non-hydrogen) atoms. The minimum atomic E-state index is 0.464. The van der Waals surface area contributed by atoms with Gasteiger partial charge in [0.25, 0.3) is 0 Å². The molecular formula is C11H18N2O. The second-order valence-corrected chi connectivity index (χ2v) is 4.10. The van der Waals surface area contributed by atoms with Gasteiger partial charge in [-0.2, -0.15) is 0 Å². The number of hydrogen-bond donors (Lipinski definition) is 0. The molecule has 2 rings (SSSR count). The van der Waals surface area contributed by atoms with E-state index in [1.807, 2.05) is 6.92 Å². The van der Waals surface area contributed by atoms with E-state index in [2.05, 4.69) is 24.0 Å². The first-order valence-electron chi connectivity index (χ1n) is 5.39. The molecule has 0 N–H and O–H groups in total. The standard InChI is InChI=1S/C11H18N2O/c1-4-9-8(2)12-14-11(9)10-6-5-7-13(10)3/h10H,4-7H2,1-3H3. The molecule has 0 amide bonds. The Bertz CT molecular complexity index is 319. The Morgan fingerprint density at radius 3 is 2.93 bits per heavy atom. The summed E-state index contributed by atoms with van der Waals surface area (Å²) >= 11 is 0. The van der Waals surface area contributed by atoms with Gasteiger partial charge in [-0.1, -0.05) is 12.1 Å². The molecule has 2 heterocycles. The van der Waals surface area contributed by atoms with Crippen molar-refractivity contribution in [2.24, 2.45) is 0 Å². The Morgan fingerprint density at radius 1 is 1.57 bits per heavy atom. The third kappa shape index (κ3) is 1.46. The van der Waals surface area contributed by atoms with Crippen LogP contribution < -0.4 is 0 Å². The van der Waals surface area contributed by atoms with Gasteiger partial charge in [-0.25, -0.2) is 0 Å². The monoisotopic (exact) mass is 194 g/mol. The van der Waals surface area contributed by atoms with E-state index in [0.29, 0.717) is 6.04 Å². The molecule has 1 aliphatic heterocycles. The highest BCUT2D eigenvalue weighted by molar-refractivity contribution is 5.25. The average molecular weight is 194 g/mol. The number of nitrogens with zero attached hydrogens (tertiary/aromatic N) is 2. The van der Waals surface area contributed by atoms with Crippen LogP contribution in [0.2, 0.25) is 0 Å². The summed E-state index contributed by atoms with van der Waals surface area (Å²) in [5, 5.41) is 4.06. The van der Waals surface area contributed by atoms with Crippen molar-refractivity contribution < 1.29 is 4.52 Å². The molecule has 0 radical (unpaired) electrons. The second kappa shape index (κ2) is 3.73. The van der Waals surface area contributed by atoms with Crippen molar-refractivity contribution in [1.82, 2.24) is 10.1 Å². The highest BCUT2D eigenvalue weighted by atomic mass is 16.5. The van der Waals surface area contributed by atoms with E-state index in [0.717, 1.165) is 17.9 Å². The minimum absolute atomic E-state index is 0.464. The first kappa shape index (κ1) is 9.71. The summed E-state index contributed by atoms with van der Waals surface area (Å²) in [6, 6.07) is 0.464. The largest absolute Gasteiger partial charge is 0.359 e. The van der Waals surface area contributed by atoms with E-state index in [4.69, 9.17) is 4.52 Å². The van der Waals surface area contributed by atoms with Gasteiger partial charge in [0, 0.05) is 5.56 Å². The first-order chi connectivity index (χ1) is 6.74. The molecule has 0 bridgehead atoms. The van der Waals surface area contributed by atoms with Crippen LogP contribution >= 0.6 is 0 Å². The Labute approximate surface area is 85.1 Å². The lowest BCUT2D eigenvalue weighted by molar-refractivity contribution is 0.249. The second-order valence-electron chi connectivity index (χ2n) is 4.10.